The first-order valence-corrected chi connectivity index (χ1v) is 9.75. The van der Waals surface area contributed by atoms with Crippen molar-refractivity contribution in [3.63, 3.8) is 0 Å². The molecule has 0 aliphatic carbocycles. The molecule has 0 bridgehead atoms. The Kier molecular flexibility index (Phi) is 5.29. The van der Waals surface area contributed by atoms with Gasteiger partial charge in [0.05, 0.1) is 7.80 Å². The van der Waals surface area contributed by atoms with Crippen LogP contribution in [0, 0.1) is 41.5 Å². The van der Waals surface area contributed by atoms with E-state index in [1.807, 2.05) is 0 Å². The maximum Gasteiger partial charge on any atom is 0.0846 e. The average Bonchev–Trinajstić information content (AvgIpc) is 2.38. The molecule has 0 atom stereocenters. The van der Waals surface area contributed by atoms with Gasteiger partial charge in [0.1, 0.15) is 0 Å². The predicted molar refractivity (Wildman–Crippen MR) is 97.7 cm³/mol. The van der Waals surface area contributed by atoms with Crippen LogP contribution in [0.5, 0.6) is 0 Å². The minimum Gasteiger partial charge on any atom is -0.326 e. The second-order valence-corrected chi connectivity index (χ2v) is 8.43. The van der Waals surface area contributed by atoms with Crippen LogP contribution >= 0.6 is 7.80 Å². The van der Waals surface area contributed by atoms with E-state index in [1.54, 1.807) is 0 Å². The second kappa shape index (κ2) is 6.84. The fourth-order valence-corrected chi connectivity index (χ4v) is 5.46. The lowest BCUT2D eigenvalue weighted by molar-refractivity contribution is 0.586. The Labute approximate surface area is 135 Å². The third-order valence-corrected chi connectivity index (χ3v) is 5.92. The molecule has 0 radical (unpaired) electrons. The first kappa shape index (κ1) is 17.0. The van der Waals surface area contributed by atoms with Crippen molar-refractivity contribution in [2.45, 2.75) is 53.9 Å². The van der Waals surface area contributed by atoms with Gasteiger partial charge >= 0.3 is 0 Å². The van der Waals surface area contributed by atoms with Gasteiger partial charge in [-0.3, -0.25) is 0 Å². The molecule has 0 amide bonds. The summed E-state index contributed by atoms with van der Waals surface area (Å²) in [5.74, 6) is 0. The minimum absolute atomic E-state index is 0.718. The summed E-state index contributed by atoms with van der Waals surface area (Å²) in [7, 11) is -1.66. The summed E-state index contributed by atoms with van der Waals surface area (Å²) >= 11 is 0. The van der Waals surface area contributed by atoms with Crippen molar-refractivity contribution in [1.29, 1.82) is 0 Å². The van der Waals surface area contributed by atoms with Crippen LogP contribution in [-0.4, -0.2) is 0 Å². The van der Waals surface area contributed by atoms with Crippen LogP contribution in [0.25, 0.3) is 0 Å². The van der Waals surface area contributed by atoms with E-state index in [0.29, 0.717) is 0 Å². The summed E-state index contributed by atoms with van der Waals surface area (Å²) in [6.45, 7) is 12.8. The zero-order valence-corrected chi connectivity index (χ0v) is 15.6. The van der Waals surface area contributed by atoms with Crippen LogP contribution in [-0.2, 0) is 16.9 Å². The summed E-state index contributed by atoms with van der Waals surface area (Å²) in [6, 6.07) is 8.78. The van der Waals surface area contributed by atoms with Gasteiger partial charge in [0.15, 0.2) is 0 Å². The fourth-order valence-electron chi connectivity index (χ4n) is 3.43. The molecule has 2 rings (SSSR count). The Morgan fingerprint density at radius 1 is 0.636 bits per heavy atom. The monoisotopic (exact) mass is 314 g/mol. The van der Waals surface area contributed by atoms with Gasteiger partial charge in [-0.05, 0) is 74.9 Å². The van der Waals surface area contributed by atoms with E-state index in [-0.39, 0.29) is 0 Å². The summed E-state index contributed by atoms with van der Waals surface area (Å²) in [5.41, 5.74) is 10.2. The average molecular weight is 314 g/mol. The molecule has 2 aromatic carbocycles. The second-order valence-electron chi connectivity index (χ2n) is 6.65. The molecule has 0 aliphatic heterocycles. The molecule has 0 unspecified atom stereocenters. The first-order valence-electron chi connectivity index (χ1n) is 7.93. The van der Waals surface area contributed by atoms with Crippen LogP contribution in [0.4, 0.5) is 0 Å². The molecular weight excluding hydrogens is 287 g/mol. The van der Waals surface area contributed by atoms with Gasteiger partial charge in [0.25, 0.3) is 0 Å². The lowest BCUT2D eigenvalue weighted by Crippen LogP contribution is -1.96. The number of benzene rings is 2. The lowest BCUT2D eigenvalue weighted by atomic mass is 10.0. The summed E-state index contributed by atoms with van der Waals surface area (Å²) in [6.07, 6.45) is 1.44. The molecule has 0 aromatic heterocycles. The highest BCUT2D eigenvalue weighted by molar-refractivity contribution is 7.42. The number of aryl methyl sites for hydroxylation is 6. The third kappa shape index (κ3) is 3.90. The van der Waals surface area contributed by atoms with Crippen molar-refractivity contribution < 1.29 is 4.57 Å². The predicted octanol–water partition coefficient (Wildman–Crippen LogP) is 5.80. The van der Waals surface area contributed by atoms with Gasteiger partial charge in [-0.15, -0.1) is 0 Å². The van der Waals surface area contributed by atoms with Gasteiger partial charge in [-0.25, -0.2) is 0 Å². The zero-order chi connectivity index (χ0) is 16.4. The molecule has 0 spiro atoms. The van der Waals surface area contributed by atoms with E-state index in [1.165, 1.54) is 44.5 Å². The quantitative estimate of drug-likeness (QED) is 0.652. The van der Waals surface area contributed by atoms with Crippen molar-refractivity contribution in [3.05, 3.63) is 68.8 Å². The zero-order valence-electron chi connectivity index (χ0n) is 14.6. The molecule has 0 aliphatic rings. The first-order chi connectivity index (χ1) is 10.3. The molecule has 22 heavy (non-hydrogen) atoms. The highest BCUT2D eigenvalue weighted by Gasteiger charge is 2.12. The summed E-state index contributed by atoms with van der Waals surface area (Å²) in [5, 5.41) is 0. The van der Waals surface area contributed by atoms with Crippen LogP contribution in [0.3, 0.4) is 0 Å². The van der Waals surface area contributed by atoms with E-state index in [2.05, 4.69) is 65.8 Å². The fraction of sp³-hybridized carbons (Fsp3) is 0.400. The Morgan fingerprint density at radius 2 is 0.909 bits per heavy atom. The van der Waals surface area contributed by atoms with E-state index >= 15 is 0 Å². The van der Waals surface area contributed by atoms with E-state index < -0.39 is 7.80 Å². The van der Waals surface area contributed by atoms with Gasteiger partial charge in [0, 0.05) is 12.3 Å². The molecule has 2 aromatic rings. The third-order valence-electron chi connectivity index (χ3n) is 4.43. The normalized spacial score (nSPS) is 11.2. The van der Waals surface area contributed by atoms with E-state index in [0.717, 1.165) is 12.3 Å². The Bertz CT molecular complexity index is 621. The number of rotatable bonds is 4. The van der Waals surface area contributed by atoms with Crippen molar-refractivity contribution in [2.24, 2.45) is 0 Å². The van der Waals surface area contributed by atoms with Crippen molar-refractivity contribution >= 4 is 7.80 Å². The SMILES string of the molecule is Cc1cc(C)c(C[PH](=O)Cc2c(C)cc(C)cc2C)c(C)c1. The molecule has 0 saturated heterocycles. The van der Waals surface area contributed by atoms with Gasteiger partial charge < -0.3 is 4.57 Å². The molecule has 0 saturated carbocycles. The maximum atomic E-state index is 12.7. The van der Waals surface area contributed by atoms with Crippen LogP contribution in [0.1, 0.15) is 44.5 Å². The number of hydrogen-bond donors (Lipinski definition) is 0. The standard InChI is InChI=1S/C20H27OP/c1-13-7-15(3)19(16(4)8-13)11-22(21)12-20-17(5)9-14(2)10-18(20)6/h7-10,22H,11-12H2,1-6H3. The largest absolute Gasteiger partial charge is 0.326 e. The Morgan fingerprint density at radius 3 is 1.18 bits per heavy atom. The van der Waals surface area contributed by atoms with E-state index in [9.17, 15) is 4.57 Å². The lowest BCUT2D eigenvalue weighted by Gasteiger charge is -2.14. The van der Waals surface area contributed by atoms with E-state index in [4.69, 9.17) is 0 Å². The molecule has 0 fully saturated rings. The highest BCUT2D eigenvalue weighted by Crippen LogP contribution is 2.36. The maximum absolute atomic E-state index is 12.7. The molecule has 1 nitrogen and oxygen atoms in total. The van der Waals surface area contributed by atoms with Crippen molar-refractivity contribution in [2.75, 3.05) is 0 Å². The smallest absolute Gasteiger partial charge is 0.0846 e. The molecule has 0 heterocycles. The molecule has 118 valence electrons. The molecule has 0 N–H and O–H groups in total. The van der Waals surface area contributed by atoms with Crippen LogP contribution in [0.2, 0.25) is 0 Å². The van der Waals surface area contributed by atoms with Crippen LogP contribution in [0.15, 0.2) is 24.3 Å². The minimum atomic E-state index is -1.66. The van der Waals surface area contributed by atoms with Gasteiger partial charge in [-0.2, -0.15) is 0 Å². The molecular formula is C20H27OP. The molecule has 2 heteroatoms. The summed E-state index contributed by atoms with van der Waals surface area (Å²) < 4.78 is 12.7. The van der Waals surface area contributed by atoms with Crippen molar-refractivity contribution in [3.8, 4) is 0 Å². The number of hydrogen-bond acceptors (Lipinski definition) is 1. The topological polar surface area (TPSA) is 17.1 Å². The van der Waals surface area contributed by atoms with Crippen molar-refractivity contribution in [1.82, 2.24) is 0 Å². The van der Waals surface area contributed by atoms with Crippen LogP contribution < -0.4 is 0 Å². The van der Waals surface area contributed by atoms with Gasteiger partial charge in [-0.1, -0.05) is 35.4 Å². The Balaban J connectivity index is 2.22. The summed E-state index contributed by atoms with van der Waals surface area (Å²) in [4.78, 5) is 0. The van der Waals surface area contributed by atoms with Gasteiger partial charge in [0.2, 0.25) is 0 Å². The highest BCUT2D eigenvalue weighted by atomic mass is 31.1. The Hall–Kier alpha value is -1.33.